The summed E-state index contributed by atoms with van der Waals surface area (Å²) in [5, 5.41) is 0.821. The van der Waals surface area contributed by atoms with E-state index in [-0.39, 0.29) is 30.2 Å². The molecule has 0 aliphatic heterocycles. The number of ether oxygens (including phenoxy) is 2. The number of ketones is 2. The zero-order valence-electron chi connectivity index (χ0n) is 22.5. The fraction of sp³-hybridized carbons (Fsp3) is 0.176. The number of nitrogens with zero attached hydrogens (tertiary/aromatic N) is 2. The summed E-state index contributed by atoms with van der Waals surface area (Å²) in [7, 11) is 1.63. The Morgan fingerprint density at radius 3 is 2.15 bits per heavy atom. The van der Waals surface area contributed by atoms with Crippen LogP contribution in [-0.4, -0.2) is 28.6 Å². The van der Waals surface area contributed by atoms with E-state index in [9.17, 15) is 14.0 Å². The molecule has 1 saturated carbocycles. The van der Waals surface area contributed by atoms with Crippen molar-refractivity contribution in [1.29, 1.82) is 0 Å². The molecule has 0 N–H and O–H groups in total. The maximum Gasteiger partial charge on any atom is 0.150 e. The molecule has 2 heterocycles. The van der Waals surface area contributed by atoms with E-state index in [4.69, 9.17) is 9.47 Å². The number of aromatic nitrogens is 2. The van der Waals surface area contributed by atoms with Crippen molar-refractivity contribution >= 4 is 22.5 Å². The minimum absolute atomic E-state index is 0.0738. The predicted octanol–water partition coefficient (Wildman–Crippen LogP) is 6.94. The number of benzene rings is 3. The molecule has 3 aromatic carbocycles. The van der Waals surface area contributed by atoms with Crippen LogP contribution < -0.4 is 9.47 Å². The number of carbonyl (C=O) groups is 2. The Morgan fingerprint density at radius 1 is 0.854 bits per heavy atom. The molecule has 2 aromatic heterocycles. The van der Waals surface area contributed by atoms with E-state index in [0.29, 0.717) is 35.7 Å². The van der Waals surface area contributed by atoms with E-state index in [2.05, 4.69) is 9.97 Å². The van der Waals surface area contributed by atoms with Crippen molar-refractivity contribution < 1.29 is 23.5 Å². The molecule has 41 heavy (non-hydrogen) atoms. The average molecular weight is 547 g/mol. The van der Waals surface area contributed by atoms with Gasteiger partial charge in [0, 0.05) is 54.0 Å². The summed E-state index contributed by atoms with van der Waals surface area (Å²) >= 11 is 0. The van der Waals surface area contributed by atoms with Gasteiger partial charge in [-0.1, -0.05) is 30.3 Å². The maximum atomic E-state index is 13.2. The highest BCUT2D eigenvalue weighted by Gasteiger charge is 2.54. The SMILES string of the molecule is COc1cc2nccc(Oc3ccc(CC(=O)C4(C(=O)Cc5ccc(F)cc5)CC4)cc3)c2cc1-c1cccnc1. The molecule has 0 unspecified atom stereocenters. The van der Waals surface area contributed by atoms with Crippen LogP contribution in [0, 0.1) is 11.2 Å². The molecular weight excluding hydrogens is 519 g/mol. The van der Waals surface area contributed by atoms with E-state index >= 15 is 0 Å². The van der Waals surface area contributed by atoms with Crippen LogP contribution in [0.5, 0.6) is 17.2 Å². The first-order chi connectivity index (χ1) is 19.9. The van der Waals surface area contributed by atoms with Crippen LogP contribution in [-0.2, 0) is 22.4 Å². The van der Waals surface area contributed by atoms with Gasteiger partial charge in [0.25, 0.3) is 0 Å². The lowest BCUT2D eigenvalue weighted by atomic mass is 9.88. The molecule has 0 spiro atoms. The molecule has 6 rings (SSSR count). The molecule has 1 aliphatic carbocycles. The Balaban J connectivity index is 1.17. The molecule has 1 aliphatic rings. The van der Waals surface area contributed by atoms with Crippen molar-refractivity contribution in [2.24, 2.45) is 5.41 Å². The van der Waals surface area contributed by atoms with Gasteiger partial charge in [0.1, 0.15) is 23.1 Å². The van der Waals surface area contributed by atoms with Crippen LogP contribution in [0.4, 0.5) is 4.39 Å². The van der Waals surface area contributed by atoms with E-state index in [1.807, 2.05) is 54.6 Å². The first kappa shape index (κ1) is 26.3. The summed E-state index contributed by atoms with van der Waals surface area (Å²) in [6, 6.07) is 22.7. The fourth-order valence-corrected chi connectivity index (χ4v) is 5.11. The van der Waals surface area contributed by atoms with Crippen LogP contribution in [0.2, 0.25) is 0 Å². The molecule has 0 amide bonds. The van der Waals surface area contributed by atoms with Crippen LogP contribution in [0.25, 0.3) is 22.0 Å². The molecular formula is C34H27FN2O4. The fourth-order valence-electron chi connectivity index (χ4n) is 5.11. The number of methoxy groups -OCH3 is 1. The van der Waals surface area contributed by atoms with Crippen molar-refractivity contribution in [2.75, 3.05) is 7.11 Å². The standard InChI is InChI=1S/C34H27FN2O4/c1-40-31-20-29-28(19-27(31)24-3-2-15-36-21-24)30(12-16-37-29)41-26-10-6-23(7-11-26)18-33(39)34(13-14-34)32(38)17-22-4-8-25(35)9-5-22/h2-12,15-16,19-21H,13-14,17-18H2,1H3. The van der Waals surface area contributed by atoms with Gasteiger partial charge in [-0.15, -0.1) is 0 Å². The summed E-state index contributed by atoms with van der Waals surface area (Å²) < 4.78 is 25.1. The summed E-state index contributed by atoms with van der Waals surface area (Å²) in [4.78, 5) is 34.9. The first-order valence-electron chi connectivity index (χ1n) is 13.4. The molecule has 0 bridgehead atoms. The third-order valence-electron chi connectivity index (χ3n) is 7.61. The van der Waals surface area contributed by atoms with E-state index in [1.54, 1.807) is 37.8 Å². The van der Waals surface area contributed by atoms with E-state index in [0.717, 1.165) is 27.6 Å². The van der Waals surface area contributed by atoms with Crippen LogP contribution in [0.3, 0.4) is 0 Å². The summed E-state index contributed by atoms with van der Waals surface area (Å²) in [6.07, 6.45) is 6.62. The third-order valence-corrected chi connectivity index (χ3v) is 7.61. The van der Waals surface area contributed by atoms with Crippen molar-refractivity contribution in [3.63, 3.8) is 0 Å². The quantitative estimate of drug-likeness (QED) is 0.177. The van der Waals surface area contributed by atoms with Gasteiger partial charge in [-0.2, -0.15) is 0 Å². The normalized spacial score (nSPS) is 13.5. The van der Waals surface area contributed by atoms with Gasteiger partial charge in [-0.25, -0.2) is 4.39 Å². The number of carbonyl (C=O) groups excluding carboxylic acids is 2. The molecule has 1 fully saturated rings. The van der Waals surface area contributed by atoms with Crippen LogP contribution in [0.1, 0.15) is 24.0 Å². The summed E-state index contributed by atoms with van der Waals surface area (Å²) in [6.45, 7) is 0. The van der Waals surface area contributed by atoms with Gasteiger partial charge in [0.2, 0.25) is 0 Å². The van der Waals surface area contributed by atoms with Gasteiger partial charge in [-0.05, 0) is 66.4 Å². The van der Waals surface area contributed by atoms with Gasteiger partial charge in [0.15, 0.2) is 11.6 Å². The van der Waals surface area contributed by atoms with Gasteiger partial charge in [-0.3, -0.25) is 19.6 Å². The van der Waals surface area contributed by atoms with Gasteiger partial charge in [0.05, 0.1) is 18.0 Å². The summed E-state index contributed by atoms with van der Waals surface area (Å²) in [5.74, 6) is 1.42. The Bertz CT molecular complexity index is 1730. The second-order valence-corrected chi connectivity index (χ2v) is 10.3. The highest BCUT2D eigenvalue weighted by atomic mass is 19.1. The molecule has 0 radical (unpaired) electrons. The number of rotatable bonds is 10. The Hall–Kier alpha value is -4.91. The molecule has 204 valence electrons. The maximum absolute atomic E-state index is 13.2. The number of hydrogen-bond acceptors (Lipinski definition) is 6. The predicted molar refractivity (Wildman–Crippen MR) is 154 cm³/mol. The topological polar surface area (TPSA) is 78.4 Å². The van der Waals surface area contributed by atoms with E-state index < -0.39 is 5.41 Å². The third kappa shape index (κ3) is 5.43. The Labute approximate surface area is 236 Å². The van der Waals surface area contributed by atoms with Crippen LogP contribution >= 0.6 is 0 Å². The number of fused-ring (bicyclic) bond motifs is 1. The monoisotopic (exact) mass is 546 g/mol. The van der Waals surface area contributed by atoms with Crippen LogP contribution in [0.15, 0.2) is 97.5 Å². The van der Waals surface area contributed by atoms with Crippen molar-refractivity contribution in [3.8, 4) is 28.4 Å². The first-order valence-corrected chi connectivity index (χ1v) is 13.4. The number of Topliss-reactive ketones (excluding diaryl/α,β-unsaturated/α-hetero) is 2. The number of pyridine rings is 2. The van der Waals surface area contributed by atoms with Crippen molar-refractivity contribution in [2.45, 2.75) is 25.7 Å². The number of hydrogen-bond donors (Lipinski definition) is 0. The molecule has 0 saturated heterocycles. The van der Waals surface area contributed by atoms with Crippen molar-refractivity contribution in [1.82, 2.24) is 9.97 Å². The molecule has 0 atom stereocenters. The molecule has 6 nitrogen and oxygen atoms in total. The lowest BCUT2D eigenvalue weighted by Crippen LogP contribution is -2.28. The zero-order valence-corrected chi connectivity index (χ0v) is 22.5. The summed E-state index contributed by atoms with van der Waals surface area (Å²) in [5.41, 5.74) is 3.13. The Morgan fingerprint density at radius 2 is 1.54 bits per heavy atom. The lowest BCUT2D eigenvalue weighted by Gasteiger charge is -2.14. The second-order valence-electron chi connectivity index (χ2n) is 10.3. The minimum atomic E-state index is -0.924. The lowest BCUT2D eigenvalue weighted by molar-refractivity contribution is -0.133. The van der Waals surface area contributed by atoms with Crippen molar-refractivity contribution in [3.05, 3.63) is 114 Å². The number of halogens is 1. The second kappa shape index (κ2) is 10.9. The minimum Gasteiger partial charge on any atom is -0.496 e. The highest BCUT2D eigenvalue weighted by molar-refractivity contribution is 6.11. The molecule has 5 aromatic rings. The van der Waals surface area contributed by atoms with Gasteiger partial charge >= 0.3 is 0 Å². The van der Waals surface area contributed by atoms with E-state index in [1.165, 1.54) is 12.1 Å². The van der Waals surface area contributed by atoms with Gasteiger partial charge < -0.3 is 9.47 Å². The molecule has 7 heteroatoms. The Kier molecular flexibility index (Phi) is 7.01. The zero-order chi connectivity index (χ0) is 28.4. The smallest absolute Gasteiger partial charge is 0.150 e. The highest BCUT2D eigenvalue weighted by Crippen LogP contribution is 2.49. The largest absolute Gasteiger partial charge is 0.496 e. The average Bonchev–Trinajstić information content (AvgIpc) is 3.82.